The highest BCUT2D eigenvalue weighted by Crippen LogP contribution is 2.24. The van der Waals surface area contributed by atoms with Gasteiger partial charge < -0.3 is 15.1 Å². The van der Waals surface area contributed by atoms with E-state index in [1.54, 1.807) is 17.6 Å². The number of amides is 2. The first-order valence-electron chi connectivity index (χ1n) is 8.14. The second kappa shape index (κ2) is 8.17. The van der Waals surface area contributed by atoms with E-state index >= 15 is 0 Å². The summed E-state index contributed by atoms with van der Waals surface area (Å²) in [5, 5.41) is 7.95. The number of likely N-dealkylation sites (tertiary alicyclic amines) is 1. The lowest BCUT2D eigenvalue weighted by molar-refractivity contribution is 0.203. The fourth-order valence-electron chi connectivity index (χ4n) is 2.95. The molecule has 5 nitrogen and oxygen atoms in total. The maximum absolute atomic E-state index is 12.0. The Hall–Kier alpha value is -1.79. The van der Waals surface area contributed by atoms with Crippen molar-refractivity contribution in [3.63, 3.8) is 0 Å². The summed E-state index contributed by atoms with van der Waals surface area (Å²) in [7, 11) is 0. The summed E-state index contributed by atoms with van der Waals surface area (Å²) in [6.45, 7) is 3.35. The second-order valence-corrected chi connectivity index (χ2v) is 6.77. The van der Waals surface area contributed by atoms with Crippen LogP contribution in [0.1, 0.15) is 29.5 Å². The molecule has 1 atom stereocenters. The van der Waals surface area contributed by atoms with Gasteiger partial charge >= 0.3 is 6.03 Å². The maximum Gasteiger partial charge on any atom is 0.314 e. The highest BCUT2D eigenvalue weighted by atomic mass is 32.1. The van der Waals surface area contributed by atoms with Gasteiger partial charge in [-0.05, 0) is 55.9 Å². The molecule has 1 aliphatic rings. The molecule has 3 heterocycles. The maximum atomic E-state index is 12.0. The average Bonchev–Trinajstić information content (AvgIpc) is 3.31. The predicted molar refractivity (Wildman–Crippen MR) is 91.7 cm³/mol. The Morgan fingerprint density at radius 2 is 2.13 bits per heavy atom. The lowest BCUT2D eigenvalue weighted by Gasteiger charge is -2.26. The lowest BCUT2D eigenvalue weighted by atomic mass is 10.2. The van der Waals surface area contributed by atoms with Crippen LogP contribution >= 0.6 is 11.3 Å². The van der Waals surface area contributed by atoms with Crippen molar-refractivity contribution in [3.8, 4) is 0 Å². The van der Waals surface area contributed by atoms with Crippen LogP contribution in [0, 0.1) is 0 Å². The third-order valence-corrected chi connectivity index (χ3v) is 5.08. The van der Waals surface area contributed by atoms with E-state index in [1.807, 2.05) is 18.2 Å². The number of hydrogen-bond acceptors (Lipinski definition) is 4. The molecule has 6 heteroatoms. The first-order valence-corrected chi connectivity index (χ1v) is 9.02. The molecule has 2 amide bonds. The van der Waals surface area contributed by atoms with E-state index in [-0.39, 0.29) is 12.1 Å². The molecule has 1 unspecified atom stereocenters. The van der Waals surface area contributed by atoms with Gasteiger partial charge in [-0.15, -0.1) is 11.3 Å². The van der Waals surface area contributed by atoms with Crippen LogP contribution < -0.4 is 10.6 Å². The molecule has 0 saturated carbocycles. The molecule has 3 rings (SSSR count). The molecule has 0 spiro atoms. The molecule has 2 aromatic rings. The van der Waals surface area contributed by atoms with Crippen LogP contribution in [0.5, 0.6) is 0 Å². The van der Waals surface area contributed by atoms with E-state index < -0.39 is 0 Å². The Balaban J connectivity index is 1.45. The summed E-state index contributed by atoms with van der Waals surface area (Å²) in [6.07, 6.45) is 4.99. The number of nitrogens with one attached hydrogen (secondary N) is 2. The number of urea groups is 1. The summed E-state index contributed by atoms with van der Waals surface area (Å²) in [6, 6.07) is 8.01. The zero-order chi connectivity index (χ0) is 15.9. The molecular weight excluding hydrogens is 310 g/mol. The van der Waals surface area contributed by atoms with Crippen molar-refractivity contribution in [2.24, 2.45) is 0 Å². The Morgan fingerprint density at radius 3 is 2.83 bits per heavy atom. The third-order valence-electron chi connectivity index (χ3n) is 4.15. The van der Waals surface area contributed by atoms with E-state index in [2.05, 4.69) is 27.0 Å². The Morgan fingerprint density at radius 1 is 1.26 bits per heavy atom. The van der Waals surface area contributed by atoms with Crippen LogP contribution in [0.3, 0.4) is 0 Å². The van der Waals surface area contributed by atoms with Gasteiger partial charge in [-0.2, -0.15) is 0 Å². The van der Waals surface area contributed by atoms with E-state index in [0.717, 1.165) is 25.3 Å². The van der Waals surface area contributed by atoms with Crippen LogP contribution in [-0.4, -0.2) is 37.1 Å². The molecular formula is C17H23N3O2S. The predicted octanol–water partition coefficient (Wildman–Crippen LogP) is 3.02. The van der Waals surface area contributed by atoms with Crippen molar-refractivity contribution in [2.75, 3.05) is 26.2 Å². The first-order chi connectivity index (χ1) is 11.3. The molecule has 1 fully saturated rings. The van der Waals surface area contributed by atoms with Gasteiger partial charge in [0.2, 0.25) is 0 Å². The zero-order valence-corrected chi connectivity index (χ0v) is 14.0. The van der Waals surface area contributed by atoms with Gasteiger partial charge in [0.1, 0.15) is 5.76 Å². The smallest absolute Gasteiger partial charge is 0.314 e. The molecule has 2 aromatic heterocycles. The van der Waals surface area contributed by atoms with Crippen molar-refractivity contribution in [1.82, 2.24) is 15.5 Å². The quantitative estimate of drug-likeness (QED) is 0.819. The normalized spacial score (nSPS) is 16.3. The second-order valence-electron chi connectivity index (χ2n) is 5.74. The number of carbonyl (C=O) groups is 1. The largest absolute Gasteiger partial charge is 0.468 e. The van der Waals surface area contributed by atoms with Crippen molar-refractivity contribution >= 4 is 17.4 Å². The Kier molecular flexibility index (Phi) is 5.71. The summed E-state index contributed by atoms with van der Waals surface area (Å²) < 4.78 is 5.56. The number of rotatable bonds is 7. The number of nitrogens with zero attached hydrogens (tertiary/aromatic N) is 1. The van der Waals surface area contributed by atoms with E-state index in [9.17, 15) is 4.79 Å². The molecule has 0 radical (unpaired) electrons. The highest BCUT2D eigenvalue weighted by Gasteiger charge is 2.25. The molecule has 2 N–H and O–H groups in total. The minimum Gasteiger partial charge on any atom is -0.468 e. The van der Waals surface area contributed by atoms with E-state index in [4.69, 9.17) is 4.42 Å². The summed E-state index contributed by atoms with van der Waals surface area (Å²) in [5.41, 5.74) is 0. The third kappa shape index (κ3) is 4.59. The Labute approximate surface area is 140 Å². The molecule has 1 aliphatic heterocycles. The van der Waals surface area contributed by atoms with E-state index in [0.29, 0.717) is 13.1 Å². The van der Waals surface area contributed by atoms with Gasteiger partial charge in [-0.1, -0.05) is 6.07 Å². The summed E-state index contributed by atoms with van der Waals surface area (Å²) in [5.74, 6) is 0.922. The molecule has 0 aromatic carbocycles. The topological polar surface area (TPSA) is 57.5 Å². The lowest BCUT2D eigenvalue weighted by Crippen LogP contribution is -2.42. The minimum absolute atomic E-state index is 0.114. The van der Waals surface area contributed by atoms with Crippen molar-refractivity contribution in [3.05, 3.63) is 46.5 Å². The monoisotopic (exact) mass is 333 g/mol. The fourth-order valence-corrected chi connectivity index (χ4v) is 3.66. The van der Waals surface area contributed by atoms with Gasteiger partial charge in [0.05, 0.1) is 12.3 Å². The van der Waals surface area contributed by atoms with E-state index in [1.165, 1.54) is 17.7 Å². The number of thiophene rings is 1. The van der Waals surface area contributed by atoms with Crippen molar-refractivity contribution in [2.45, 2.75) is 25.3 Å². The SMILES string of the molecule is O=C(NCCc1cccs1)NCC(c1ccco1)N1CCCC1. The zero-order valence-electron chi connectivity index (χ0n) is 13.2. The van der Waals surface area contributed by atoms with Crippen molar-refractivity contribution in [1.29, 1.82) is 0 Å². The molecule has 0 bridgehead atoms. The van der Waals surface area contributed by atoms with Gasteiger partial charge in [0.25, 0.3) is 0 Å². The average molecular weight is 333 g/mol. The number of furan rings is 1. The molecule has 124 valence electrons. The molecule has 23 heavy (non-hydrogen) atoms. The van der Waals surface area contributed by atoms with Crippen LogP contribution in [0.4, 0.5) is 4.79 Å². The van der Waals surface area contributed by atoms with Crippen molar-refractivity contribution < 1.29 is 9.21 Å². The van der Waals surface area contributed by atoms with Crippen LogP contribution in [0.2, 0.25) is 0 Å². The van der Waals surface area contributed by atoms with Gasteiger partial charge in [0, 0.05) is 18.0 Å². The molecule has 1 saturated heterocycles. The standard InChI is InChI=1S/C17H23N3O2S/c21-17(18-8-7-14-5-4-12-23-14)19-13-15(16-6-3-11-22-16)20-9-1-2-10-20/h3-6,11-12,15H,1-2,7-10,13H2,(H2,18,19,21). The van der Waals surface area contributed by atoms with Gasteiger partial charge in [-0.3, -0.25) is 4.90 Å². The van der Waals surface area contributed by atoms with Crippen LogP contribution in [0.25, 0.3) is 0 Å². The van der Waals surface area contributed by atoms with Crippen LogP contribution in [-0.2, 0) is 6.42 Å². The fraction of sp³-hybridized carbons (Fsp3) is 0.471. The number of hydrogen-bond donors (Lipinski definition) is 2. The first kappa shape index (κ1) is 16.1. The minimum atomic E-state index is -0.114. The van der Waals surface area contributed by atoms with Gasteiger partial charge in [0.15, 0.2) is 0 Å². The summed E-state index contributed by atoms with van der Waals surface area (Å²) in [4.78, 5) is 15.7. The highest BCUT2D eigenvalue weighted by molar-refractivity contribution is 7.09. The Bertz CT molecular complexity index is 577. The van der Waals surface area contributed by atoms with Gasteiger partial charge in [-0.25, -0.2) is 4.79 Å². The molecule has 0 aliphatic carbocycles. The van der Waals surface area contributed by atoms with Crippen LogP contribution in [0.15, 0.2) is 40.3 Å². The number of carbonyl (C=O) groups excluding carboxylic acids is 1. The summed E-state index contributed by atoms with van der Waals surface area (Å²) >= 11 is 1.72.